The van der Waals surface area contributed by atoms with Gasteiger partial charge in [0.2, 0.25) is 0 Å². The average Bonchev–Trinajstić information content (AvgIpc) is 3.37. The predicted molar refractivity (Wildman–Crippen MR) is 123 cm³/mol. The van der Waals surface area contributed by atoms with Crippen LogP contribution < -0.4 is 0 Å². The van der Waals surface area contributed by atoms with Crippen LogP contribution >= 0.6 is 0 Å². The molecule has 0 saturated heterocycles. The van der Waals surface area contributed by atoms with E-state index in [4.69, 9.17) is 5.26 Å². The maximum Gasteiger partial charge on any atom is 0.160 e. The fourth-order valence-corrected chi connectivity index (χ4v) is 8.93. The van der Waals surface area contributed by atoms with E-state index in [1.54, 1.807) is 17.1 Å². The maximum absolute atomic E-state index is 13.7. The van der Waals surface area contributed by atoms with Gasteiger partial charge in [-0.15, -0.1) is 0 Å². The number of ketones is 1. The molecule has 5 heteroatoms. The number of carbonyl (C=O) groups is 1. The first kappa shape index (κ1) is 22.1. The Kier molecular flexibility index (Phi) is 5.13. The fraction of sp³-hybridized carbons (Fsp3) is 0.815. The number of fused-ring (bicyclic) bond motifs is 5. The van der Waals surface area contributed by atoms with Crippen LogP contribution in [0.1, 0.15) is 97.1 Å². The van der Waals surface area contributed by atoms with Gasteiger partial charge in [0.1, 0.15) is 12.1 Å². The first-order valence-electron chi connectivity index (χ1n) is 12.8. The molecular weight excluding hydrogens is 398 g/mol. The number of carbonyl (C=O) groups excluding carboxylic acids is 1. The van der Waals surface area contributed by atoms with Crippen LogP contribution in [0.4, 0.5) is 0 Å². The molecule has 4 aliphatic rings. The van der Waals surface area contributed by atoms with Crippen LogP contribution in [0, 0.1) is 51.8 Å². The molecule has 1 unspecified atom stereocenters. The third-order valence-corrected chi connectivity index (χ3v) is 10.8. The summed E-state index contributed by atoms with van der Waals surface area (Å²) in [4.78, 5) is 13.7. The van der Waals surface area contributed by atoms with Crippen molar-refractivity contribution in [1.82, 2.24) is 9.78 Å². The molecule has 1 N–H and O–H groups in total. The summed E-state index contributed by atoms with van der Waals surface area (Å²) >= 11 is 0. The van der Waals surface area contributed by atoms with Crippen LogP contribution in [0.3, 0.4) is 0 Å². The molecule has 5 rings (SSSR count). The van der Waals surface area contributed by atoms with Crippen LogP contribution in [-0.2, 0) is 4.79 Å². The number of Topliss-reactive ketones (excluding diaryl/α,β-unsaturated/α-hetero) is 1. The second-order valence-electron chi connectivity index (χ2n) is 12.4. The minimum Gasteiger partial charge on any atom is -0.390 e. The Labute approximate surface area is 192 Å². The van der Waals surface area contributed by atoms with E-state index >= 15 is 0 Å². The zero-order valence-electron chi connectivity index (χ0n) is 20.2. The van der Waals surface area contributed by atoms with E-state index in [1.807, 2.05) is 13.8 Å². The van der Waals surface area contributed by atoms with Crippen LogP contribution in [0.2, 0.25) is 0 Å². The molecule has 5 nitrogen and oxygen atoms in total. The Morgan fingerprint density at radius 3 is 2.59 bits per heavy atom. The van der Waals surface area contributed by atoms with E-state index in [2.05, 4.69) is 25.0 Å². The highest BCUT2D eigenvalue weighted by Gasteiger charge is 2.62. The smallest absolute Gasteiger partial charge is 0.160 e. The van der Waals surface area contributed by atoms with Crippen molar-refractivity contribution in [1.29, 1.82) is 5.26 Å². The Morgan fingerprint density at radius 1 is 1.12 bits per heavy atom. The highest BCUT2D eigenvalue weighted by atomic mass is 16.3. The number of nitrogens with zero attached hydrogens (tertiary/aromatic N) is 3. The third-order valence-electron chi connectivity index (χ3n) is 10.8. The Bertz CT molecular complexity index is 945. The molecular formula is C27H39N3O2. The quantitative estimate of drug-likeness (QED) is 0.696. The molecule has 0 bridgehead atoms. The van der Waals surface area contributed by atoms with Gasteiger partial charge in [0, 0.05) is 12.1 Å². The highest BCUT2D eigenvalue weighted by Crippen LogP contribution is 2.68. The van der Waals surface area contributed by atoms with Gasteiger partial charge >= 0.3 is 0 Å². The summed E-state index contributed by atoms with van der Waals surface area (Å²) in [6, 6.07) is 1.80. The summed E-state index contributed by atoms with van der Waals surface area (Å²) in [6.07, 6.45) is 13.3. The Balaban J connectivity index is 1.36. The molecule has 1 heterocycles. The summed E-state index contributed by atoms with van der Waals surface area (Å²) < 4.78 is 1.68. The lowest BCUT2D eigenvalue weighted by Crippen LogP contribution is -2.55. The van der Waals surface area contributed by atoms with E-state index in [9.17, 15) is 9.90 Å². The summed E-state index contributed by atoms with van der Waals surface area (Å²) in [5.41, 5.74) is 0.460. The van der Waals surface area contributed by atoms with E-state index < -0.39 is 5.60 Å². The number of hydrogen-bond donors (Lipinski definition) is 1. The zero-order chi connectivity index (χ0) is 22.9. The van der Waals surface area contributed by atoms with E-state index in [1.165, 1.54) is 25.7 Å². The molecule has 1 aromatic heterocycles. The standard InChI is InChI=1S/C27H39N3O2/c1-17(30-16-18(14-28)15-29-30)24(31)23-8-7-21-20-6-5-19-13-25(2,32)11-12-26(19,3)22(20)9-10-27(21,23)4/h15-17,19-23,32H,5-13H2,1-4H3/t17?,19-,20-,21-,22-,23+,25+,26-,27-/m0/s1. The minimum atomic E-state index is -0.487. The van der Waals surface area contributed by atoms with Gasteiger partial charge in [-0.3, -0.25) is 9.48 Å². The van der Waals surface area contributed by atoms with Crippen LogP contribution in [0.25, 0.3) is 0 Å². The van der Waals surface area contributed by atoms with Gasteiger partial charge in [-0.2, -0.15) is 10.4 Å². The molecule has 0 amide bonds. The molecule has 0 aromatic carbocycles. The summed E-state index contributed by atoms with van der Waals surface area (Å²) in [6.45, 7) is 8.90. The molecule has 4 fully saturated rings. The normalized spacial score (nSPS) is 46.4. The molecule has 9 atom stereocenters. The Hall–Kier alpha value is -1.67. The van der Waals surface area contributed by atoms with Crippen LogP contribution in [-0.4, -0.2) is 26.3 Å². The van der Waals surface area contributed by atoms with Crippen molar-refractivity contribution < 1.29 is 9.90 Å². The van der Waals surface area contributed by atoms with Gasteiger partial charge in [-0.25, -0.2) is 0 Å². The van der Waals surface area contributed by atoms with Gasteiger partial charge in [-0.05, 0) is 106 Å². The topological polar surface area (TPSA) is 78.9 Å². The summed E-state index contributed by atoms with van der Waals surface area (Å²) in [7, 11) is 0. The van der Waals surface area contributed by atoms with Crippen molar-refractivity contribution in [3.05, 3.63) is 18.0 Å². The number of aliphatic hydroxyl groups is 1. The first-order chi connectivity index (χ1) is 15.1. The van der Waals surface area contributed by atoms with Crippen molar-refractivity contribution in [2.75, 3.05) is 0 Å². The number of aromatic nitrogens is 2. The number of nitriles is 1. The van der Waals surface area contributed by atoms with Gasteiger partial charge in [0.05, 0.1) is 17.4 Å². The van der Waals surface area contributed by atoms with Gasteiger partial charge in [0.15, 0.2) is 5.78 Å². The molecule has 32 heavy (non-hydrogen) atoms. The van der Waals surface area contributed by atoms with Crippen LogP contribution in [0.5, 0.6) is 0 Å². The highest BCUT2D eigenvalue weighted by molar-refractivity contribution is 5.85. The van der Waals surface area contributed by atoms with E-state index in [0.717, 1.165) is 43.9 Å². The summed E-state index contributed by atoms with van der Waals surface area (Å²) in [5, 5.41) is 24.1. The number of rotatable bonds is 3. The van der Waals surface area contributed by atoms with Gasteiger partial charge in [-0.1, -0.05) is 13.8 Å². The third kappa shape index (κ3) is 3.20. The largest absolute Gasteiger partial charge is 0.390 e. The molecule has 0 spiro atoms. The SMILES string of the molecule is CC(C(=O)[C@H]1CC[C@H]2[C@@H]3CC[C@H]4C[C@](C)(O)CC[C@]4(C)[C@H]3CC[C@]12C)n1cc(C#N)cn1. The Morgan fingerprint density at radius 2 is 1.88 bits per heavy atom. The molecule has 0 aliphatic heterocycles. The lowest BCUT2D eigenvalue weighted by molar-refractivity contribution is -0.151. The van der Waals surface area contributed by atoms with Crippen molar-refractivity contribution in [3.63, 3.8) is 0 Å². The second kappa shape index (κ2) is 7.42. The lowest BCUT2D eigenvalue weighted by atomic mass is 9.44. The molecule has 0 radical (unpaired) electrons. The zero-order valence-corrected chi connectivity index (χ0v) is 20.2. The molecule has 4 aliphatic carbocycles. The monoisotopic (exact) mass is 437 g/mol. The fourth-order valence-electron chi connectivity index (χ4n) is 8.93. The van der Waals surface area contributed by atoms with Crippen molar-refractivity contribution in [2.24, 2.45) is 40.4 Å². The molecule has 4 saturated carbocycles. The molecule has 1 aromatic rings. The molecule has 174 valence electrons. The predicted octanol–water partition coefficient (Wildman–Crippen LogP) is 5.29. The van der Waals surface area contributed by atoms with E-state index in [-0.39, 0.29) is 17.4 Å². The second-order valence-corrected chi connectivity index (χ2v) is 12.4. The van der Waals surface area contributed by atoms with Crippen molar-refractivity contribution in [3.8, 4) is 6.07 Å². The van der Waals surface area contributed by atoms with E-state index in [0.29, 0.717) is 28.6 Å². The van der Waals surface area contributed by atoms with Gasteiger partial charge < -0.3 is 5.11 Å². The minimum absolute atomic E-state index is 0.0844. The average molecular weight is 438 g/mol. The first-order valence-corrected chi connectivity index (χ1v) is 12.8. The van der Waals surface area contributed by atoms with Crippen molar-refractivity contribution >= 4 is 5.78 Å². The van der Waals surface area contributed by atoms with Crippen LogP contribution in [0.15, 0.2) is 12.4 Å². The maximum atomic E-state index is 13.7. The summed E-state index contributed by atoms with van der Waals surface area (Å²) in [5.74, 6) is 3.14. The van der Waals surface area contributed by atoms with Gasteiger partial charge in [0.25, 0.3) is 0 Å². The van der Waals surface area contributed by atoms with Crippen molar-refractivity contribution in [2.45, 2.75) is 97.1 Å². The number of hydrogen-bond acceptors (Lipinski definition) is 4. The lowest BCUT2D eigenvalue weighted by Gasteiger charge is -2.61.